The Hall–Kier alpha value is -2.51. The fourth-order valence-corrected chi connectivity index (χ4v) is 5.31. The monoisotopic (exact) mass is 425 g/mol. The molecule has 2 aliphatic rings. The summed E-state index contributed by atoms with van der Waals surface area (Å²) in [6, 6.07) is 13.3. The van der Waals surface area contributed by atoms with Crippen LogP contribution in [0.2, 0.25) is 0 Å². The summed E-state index contributed by atoms with van der Waals surface area (Å²) in [5.41, 5.74) is 2.12. The minimum atomic E-state index is -1.04. The number of alkyl halides is 1. The van der Waals surface area contributed by atoms with Gasteiger partial charge in [0, 0.05) is 39.9 Å². The van der Waals surface area contributed by atoms with Gasteiger partial charge in [0.25, 0.3) is 0 Å². The van der Waals surface area contributed by atoms with E-state index in [1.54, 1.807) is 29.5 Å². The summed E-state index contributed by atoms with van der Waals surface area (Å²) < 4.78 is 20.6. The predicted octanol–water partition coefficient (Wildman–Crippen LogP) is 4.89. The van der Waals surface area contributed by atoms with E-state index in [2.05, 4.69) is 28.5 Å². The predicted molar refractivity (Wildman–Crippen MR) is 116 cm³/mol. The van der Waals surface area contributed by atoms with Crippen molar-refractivity contribution in [3.63, 3.8) is 0 Å². The van der Waals surface area contributed by atoms with Crippen molar-refractivity contribution in [2.24, 2.45) is 0 Å². The highest BCUT2D eigenvalue weighted by molar-refractivity contribution is 7.15. The maximum atomic E-state index is 14.7. The zero-order valence-corrected chi connectivity index (χ0v) is 17.5. The van der Waals surface area contributed by atoms with Gasteiger partial charge in [-0.05, 0) is 55.7 Å². The lowest BCUT2D eigenvalue weighted by molar-refractivity contribution is 0.00652. The number of fused-ring (bicyclic) bond motifs is 2. The molecule has 2 bridgehead atoms. The second kappa shape index (κ2) is 7.96. The number of phenolic OH excluding ortho intramolecular Hbond substituents is 1. The summed E-state index contributed by atoms with van der Waals surface area (Å²) in [4.78, 5) is 2.33. The number of hydrogen-bond acceptors (Lipinski definition) is 6. The lowest BCUT2D eigenvalue weighted by atomic mass is 9.84. The number of phenols is 1. The maximum absolute atomic E-state index is 14.7. The summed E-state index contributed by atoms with van der Waals surface area (Å²) in [5.74, 6) is 0.466. The molecular formula is C23H24FN3O2S. The molecule has 2 aliphatic heterocycles. The largest absolute Gasteiger partial charge is 0.507 e. The Bertz CT molecular complexity index is 1040. The second-order valence-electron chi connectivity index (χ2n) is 8.14. The van der Waals surface area contributed by atoms with Gasteiger partial charge in [-0.1, -0.05) is 12.5 Å². The van der Waals surface area contributed by atoms with E-state index in [0.29, 0.717) is 29.6 Å². The van der Waals surface area contributed by atoms with Crippen molar-refractivity contribution < 1.29 is 14.2 Å². The Kier molecular flexibility index (Phi) is 5.16. The smallest absolute Gasteiger partial charge is 0.233 e. The Balaban J connectivity index is 1.31. The van der Waals surface area contributed by atoms with Gasteiger partial charge in [-0.3, -0.25) is 0 Å². The zero-order chi connectivity index (χ0) is 20.7. The highest BCUT2D eigenvalue weighted by atomic mass is 32.1. The number of nitrogens with one attached hydrogen (secondary N) is 1. The Morgan fingerprint density at radius 2 is 2.03 bits per heavy atom. The number of aromatic nitrogens is 2. The molecule has 4 atom stereocenters. The molecule has 0 spiro atoms. The van der Waals surface area contributed by atoms with Gasteiger partial charge in [-0.2, -0.15) is 0 Å². The molecule has 2 aromatic heterocycles. The fourth-order valence-electron chi connectivity index (χ4n) is 4.45. The third kappa shape index (κ3) is 3.79. The fraction of sp³-hybridized carbons (Fsp3) is 0.391. The first-order chi connectivity index (χ1) is 14.6. The summed E-state index contributed by atoms with van der Waals surface area (Å²) in [7, 11) is 0. The third-order valence-electron chi connectivity index (χ3n) is 5.98. The summed E-state index contributed by atoms with van der Waals surface area (Å²) in [6.45, 7) is 2.06. The number of halogens is 1. The molecule has 0 saturated carbocycles. The van der Waals surface area contributed by atoms with Crippen LogP contribution in [0.3, 0.4) is 0 Å². The maximum Gasteiger partial charge on any atom is 0.233 e. The number of aryl methyl sites for hydroxylation is 1. The summed E-state index contributed by atoms with van der Waals surface area (Å²) >= 11 is 1.69. The Morgan fingerprint density at radius 3 is 2.77 bits per heavy atom. The van der Waals surface area contributed by atoms with Crippen molar-refractivity contribution in [2.45, 2.75) is 57.0 Å². The van der Waals surface area contributed by atoms with Gasteiger partial charge >= 0.3 is 0 Å². The Morgan fingerprint density at radius 1 is 1.13 bits per heavy atom. The molecule has 0 aliphatic carbocycles. The SMILES string of the molecule is Cc1ccc(-c2ccc(-c3ccc(O[C@@H]4C[C@H]5CCC[C@H](N5)[C@@H]4F)nn3)c(O)c2)s1. The minimum Gasteiger partial charge on any atom is -0.507 e. The van der Waals surface area contributed by atoms with Crippen molar-refractivity contribution in [2.75, 3.05) is 0 Å². The van der Waals surface area contributed by atoms with E-state index >= 15 is 0 Å². The number of piperidine rings is 2. The van der Waals surface area contributed by atoms with Crippen molar-refractivity contribution in [3.8, 4) is 33.3 Å². The van der Waals surface area contributed by atoms with Crippen LogP contribution in [0.4, 0.5) is 4.39 Å². The molecule has 5 nitrogen and oxygen atoms in total. The van der Waals surface area contributed by atoms with Crippen molar-refractivity contribution in [1.29, 1.82) is 0 Å². The quantitative estimate of drug-likeness (QED) is 0.623. The lowest BCUT2D eigenvalue weighted by Gasteiger charge is -2.42. The van der Waals surface area contributed by atoms with Gasteiger partial charge in [0.05, 0.1) is 5.69 Å². The van der Waals surface area contributed by atoms with Gasteiger partial charge in [-0.15, -0.1) is 21.5 Å². The van der Waals surface area contributed by atoms with Crippen molar-refractivity contribution in [1.82, 2.24) is 15.5 Å². The number of rotatable bonds is 4. The van der Waals surface area contributed by atoms with E-state index in [1.807, 2.05) is 18.2 Å². The van der Waals surface area contributed by atoms with E-state index in [4.69, 9.17) is 4.74 Å². The first-order valence-corrected chi connectivity index (χ1v) is 11.2. The molecular weight excluding hydrogens is 401 g/mol. The van der Waals surface area contributed by atoms with Crippen LogP contribution in [-0.4, -0.2) is 39.7 Å². The first-order valence-electron chi connectivity index (χ1n) is 10.4. The summed E-state index contributed by atoms with van der Waals surface area (Å²) in [6.07, 6.45) is 2.09. The number of thiophene rings is 1. The highest BCUT2D eigenvalue weighted by Gasteiger charge is 2.41. The molecule has 4 heterocycles. The van der Waals surface area contributed by atoms with Crippen LogP contribution in [-0.2, 0) is 0 Å². The second-order valence-corrected chi connectivity index (χ2v) is 9.42. The topological polar surface area (TPSA) is 67.3 Å². The molecule has 2 N–H and O–H groups in total. The molecule has 1 aromatic carbocycles. The molecule has 156 valence electrons. The molecule has 5 rings (SSSR count). The van der Waals surface area contributed by atoms with E-state index in [0.717, 1.165) is 29.7 Å². The van der Waals surface area contributed by atoms with Crippen LogP contribution in [0.1, 0.15) is 30.6 Å². The van der Waals surface area contributed by atoms with Crippen LogP contribution in [0.25, 0.3) is 21.7 Å². The van der Waals surface area contributed by atoms with Gasteiger partial charge < -0.3 is 15.2 Å². The number of aromatic hydroxyl groups is 1. The molecule has 3 aromatic rings. The van der Waals surface area contributed by atoms with E-state index in [9.17, 15) is 9.50 Å². The molecule has 0 amide bonds. The molecule has 2 fully saturated rings. The van der Waals surface area contributed by atoms with Gasteiger partial charge in [0.15, 0.2) is 6.17 Å². The average molecular weight is 426 g/mol. The number of nitrogens with zero attached hydrogens (tertiary/aromatic N) is 2. The average Bonchev–Trinajstić information content (AvgIpc) is 3.19. The third-order valence-corrected chi connectivity index (χ3v) is 7.03. The normalized spacial score (nSPS) is 25.8. The minimum absolute atomic E-state index is 0.127. The standard InChI is InChI=1S/C23H24FN3O2S/c1-13-5-9-21(30-13)14-6-7-16(19(28)11-14)17-8-10-22(27-26-17)29-20-12-15-3-2-4-18(25-15)23(20)24/h5-11,15,18,20,23,25,28H,2-4,12H2,1H3/t15-,18+,20-,23+/m1/s1. The Labute approximate surface area is 178 Å². The van der Waals surface area contributed by atoms with E-state index in [-0.39, 0.29) is 11.8 Å². The zero-order valence-electron chi connectivity index (χ0n) is 16.7. The molecule has 7 heteroatoms. The van der Waals surface area contributed by atoms with E-state index in [1.165, 1.54) is 4.88 Å². The van der Waals surface area contributed by atoms with Crippen LogP contribution < -0.4 is 10.1 Å². The molecule has 0 radical (unpaired) electrons. The number of hydrogen-bond donors (Lipinski definition) is 2. The molecule has 2 saturated heterocycles. The first kappa shape index (κ1) is 19.5. The van der Waals surface area contributed by atoms with E-state index < -0.39 is 12.3 Å². The molecule has 0 unspecified atom stereocenters. The van der Waals surface area contributed by atoms with Gasteiger partial charge in [-0.25, -0.2) is 4.39 Å². The number of ether oxygens (including phenoxy) is 1. The van der Waals surface area contributed by atoms with Gasteiger partial charge in [0.1, 0.15) is 11.9 Å². The summed E-state index contributed by atoms with van der Waals surface area (Å²) in [5, 5.41) is 22.2. The lowest BCUT2D eigenvalue weighted by Crippen LogP contribution is -2.59. The van der Waals surface area contributed by atoms with Crippen LogP contribution in [0.5, 0.6) is 11.6 Å². The van der Waals surface area contributed by atoms with Crippen LogP contribution in [0.15, 0.2) is 42.5 Å². The molecule has 30 heavy (non-hydrogen) atoms. The van der Waals surface area contributed by atoms with Crippen LogP contribution >= 0.6 is 11.3 Å². The number of benzene rings is 1. The van der Waals surface area contributed by atoms with Gasteiger partial charge in [0.2, 0.25) is 5.88 Å². The van der Waals surface area contributed by atoms with Crippen LogP contribution in [0, 0.1) is 6.92 Å². The van der Waals surface area contributed by atoms with Crippen molar-refractivity contribution >= 4 is 11.3 Å². The van der Waals surface area contributed by atoms with Crippen molar-refractivity contribution in [3.05, 3.63) is 47.3 Å². The highest BCUT2D eigenvalue weighted by Crippen LogP contribution is 2.35.